The van der Waals surface area contributed by atoms with Crippen LogP contribution in [0.3, 0.4) is 0 Å². The van der Waals surface area contributed by atoms with Crippen LogP contribution in [0.5, 0.6) is 0 Å². The maximum Gasteiger partial charge on any atom is 0.287 e. The molecule has 3 amide bonds. The average molecular weight is 461 g/mol. The van der Waals surface area contributed by atoms with Crippen LogP contribution in [0, 0.1) is 23.2 Å². The summed E-state index contributed by atoms with van der Waals surface area (Å²) in [7, 11) is 1.67. The number of Topliss-reactive ketones (excluding diaryl/α,β-unsaturated/α-hetero) is 1. The van der Waals surface area contributed by atoms with Crippen LogP contribution in [0.2, 0.25) is 0 Å². The van der Waals surface area contributed by atoms with E-state index in [9.17, 15) is 28.0 Å². The molecule has 0 radical (unpaired) electrons. The number of nitrogens with one attached hydrogen (secondary N) is 2. The molecule has 5 atom stereocenters. The zero-order valence-corrected chi connectivity index (χ0v) is 20.1. The first-order valence-electron chi connectivity index (χ1n) is 11.0. The van der Waals surface area contributed by atoms with E-state index < -0.39 is 59.9 Å². The second-order valence-corrected chi connectivity index (χ2v) is 10.1. The fourth-order valence-corrected chi connectivity index (χ4v) is 4.33. The fraction of sp³-hybridized carbons (Fsp3) is 0.818. The number of primary amides is 1. The number of hydrogen-bond acceptors (Lipinski definition) is 5. The molecule has 0 spiro atoms. The number of likely N-dealkylation sites (tertiary alicyclic amines) is 1. The van der Waals surface area contributed by atoms with Crippen LogP contribution in [-0.4, -0.2) is 66.5 Å². The maximum atomic E-state index is 13.3. The van der Waals surface area contributed by atoms with Crippen LogP contribution in [0.4, 0.5) is 8.78 Å². The molecule has 8 nitrogen and oxygen atoms in total. The van der Waals surface area contributed by atoms with Crippen molar-refractivity contribution in [3.05, 3.63) is 0 Å². The van der Waals surface area contributed by atoms with E-state index in [4.69, 9.17) is 5.73 Å². The van der Waals surface area contributed by atoms with Gasteiger partial charge in [-0.3, -0.25) is 19.2 Å². The minimum absolute atomic E-state index is 0.0523. The number of halogens is 2. The summed E-state index contributed by atoms with van der Waals surface area (Å²) >= 11 is 0. The molecule has 32 heavy (non-hydrogen) atoms. The van der Waals surface area contributed by atoms with Crippen molar-refractivity contribution in [2.24, 2.45) is 28.9 Å². The lowest BCUT2D eigenvalue weighted by Crippen LogP contribution is -2.59. The predicted octanol–water partition coefficient (Wildman–Crippen LogP) is 1.32. The van der Waals surface area contributed by atoms with Gasteiger partial charge in [0.2, 0.25) is 24.0 Å². The van der Waals surface area contributed by atoms with Crippen molar-refractivity contribution in [2.75, 3.05) is 13.6 Å². The molecule has 1 aliphatic rings. The average Bonchev–Trinajstić information content (AvgIpc) is 3.11. The second-order valence-electron chi connectivity index (χ2n) is 10.1. The summed E-state index contributed by atoms with van der Waals surface area (Å²) in [6.45, 7) is 11.2. The Morgan fingerprint density at radius 2 is 1.69 bits per heavy atom. The number of nitrogens with two attached hydrogens (primary N) is 1. The van der Waals surface area contributed by atoms with E-state index in [0.29, 0.717) is 13.0 Å². The maximum absolute atomic E-state index is 13.3. The highest BCUT2D eigenvalue weighted by Crippen LogP contribution is 2.33. The van der Waals surface area contributed by atoms with Crippen molar-refractivity contribution in [3.8, 4) is 0 Å². The Kier molecular flexibility index (Phi) is 9.74. The number of carbonyl (C=O) groups is 4. The zero-order chi connectivity index (χ0) is 25.0. The molecule has 0 aromatic heterocycles. The Morgan fingerprint density at radius 3 is 2.09 bits per heavy atom. The van der Waals surface area contributed by atoms with Gasteiger partial charge >= 0.3 is 0 Å². The molecule has 10 heteroatoms. The molecule has 0 saturated carbocycles. The van der Waals surface area contributed by atoms with Crippen LogP contribution >= 0.6 is 0 Å². The van der Waals surface area contributed by atoms with Gasteiger partial charge in [-0.1, -0.05) is 41.5 Å². The molecule has 0 aliphatic carbocycles. The summed E-state index contributed by atoms with van der Waals surface area (Å²) in [5.41, 5.74) is 4.66. The number of alkyl halides is 2. The van der Waals surface area contributed by atoms with Crippen LogP contribution in [-0.2, 0) is 19.2 Å². The van der Waals surface area contributed by atoms with Gasteiger partial charge in [0.05, 0.1) is 12.1 Å². The van der Waals surface area contributed by atoms with E-state index in [0.717, 1.165) is 0 Å². The molecular weight excluding hydrogens is 422 g/mol. The predicted molar refractivity (Wildman–Crippen MR) is 117 cm³/mol. The van der Waals surface area contributed by atoms with Gasteiger partial charge in [0, 0.05) is 12.5 Å². The summed E-state index contributed by atoms with van der Waals surface area (Å²) in [5, 5.41) is 5.47. The first-order valence-corrected chi connectivity index (χ1v) is 11.0. The highest BCUT2D eigenvalue weighted by Gasteiger charge is 2.47. The molecule has 1 aliphatic heterocycles. The molecule has 184 valence electrons. The monoisotopic (exact) mass is 460 g/mol. The molecule has 0 aromatic rings. The van der Waals surface area contributed by atoms with Crippen LogP contribution in [0.1, 0.15) is 54.4 Å². The van der Waals surface area contributed by atoms with Gasteiger partial charge in [-0.25, -0.2) is 8.78 Å². The lowest BCUT2D eigenvalue weighted by Gasteiger charge is -2.36. The second kappa shape index (κ2) is 11.2. The van der Waals surface area contributed by atoms with Gasteiger partial charge in [-0.15, -0.1) is 0 Å². The largest absolute Gasteiger partial charge is 0.363 e. The Bertz CT molecular complexity index is 709. The van der Waals surface area contributed by atoms with E-state index >= 15 is 0 Å². The summed E-state index contributed by atoms with van der Waals surface area (Å²) in [4.78, 5) is 51.8. The van der Waals surface area contributed by atoms with Crippen LogP contribution in [0.15, 0.2) is 0 Å². The fourth-order valence-electron chi connectivity index (χ4n) is 4.33. The number of hydrogen-bond donors (Lipinski definition) is 3. The molecule has 4 unspecified atom stereocenters. The van der Waals surface area contributed by atoms with Crippen molar-refractivity contribution < 1.29 is 28.0 Å². The van der Waals surface area contributed by atoms with E-state index in [1.807, 2.05) is 34.6 Å². The van der Waals surface area contributed by atoms with Crippen molar-refractivity contribution in [1.82, 2.24) is 15.5 Å². The molecule has 1 heterocycles. The Labute approximate surface area is 189 Å². The van der Waals surface area contributed by atoms with Gasteiger partial charge in [0.15, 0.2) is 0 Å². The van der Waals surface area contributed by atoms with E-state index in [1.54, 1.807) is 7.05 Å². The Balaban J connectivity index is 3.24. The smallest absolute Gasteiger partial charge is 0.287 e. The molecule has 4 N–H and O–H groups in total. The standard InChI is InChI=1S/C22H38F2N4O4/c1-11(2)13-8-9-28(21(32)17(26-7)22(4,5)6)15(13)20(31)27-14(16(29)19(25)30)10-12(3)18(23)24/h11-15,17-18,26H,8-10H2,1-7H3,(H2,25,30)(H,27,31)/t12?,13-,14?,15?,17?/m1/s1. The first-order chi connectivity index (χ1) is 14.6. The Hall–Kier alpha value is -2.10. The van der Waals surface area contributed by atoms with Crippen molar-refractivity contribution in [1.29, 1.82) is 0 Å². The van der Waals surface area contributed by atoms with E-state index in [-0.39, 0.29) is 17.7 Å². The molecule has 1 saturated heterocycles. The molecule has 1 fully saturated rings. The third kappa shape index (κ3) is 6.70. The molecule has 0 aromatic carbocycles. The van der Waals surface area contributed by atoms with Gasteiger partial charge in [-0.05, 0) is 37.1 Å². The normalized spacial score (nSPS) is 22.0. The highest BCUT2D eigenvalue weighted by atomic mass is 19.3. The van der Waals surface area contributed by atoms with Crippen molar-refractivity contribution in [3.63, 3.8) is 0 Å². The highest BCUT2D eigenvalue weighted by molar-refractivity contribution is 6.37. The van der Waals surface area contributed by atoms with Crippen LogP contribution < -0.4 is 16.4 Å². The number of ketones is 1. The Morgan fingerprint density at radius 1 is 1.12 bits per heavy atom. The summed E-state index contributed by atoms with van der Waals surface area (Å²) in [6, 6.07) is -2.91. The number of carbonyl (C=O) groups excluding carboxylic acids is 4. The van der Waals surface area contributed by atoms with Crippen molar-refractivity contribution >= 4 is 23.5 Å². The molecular formula is C22H38F2N4O4. The van der Waals surface area contributed by atoms with E-state index in [2.05, 4.69) is 10.6 Å². The van der Waals surface area contributed by atoms with E-state index in [1.165, 1.54) is 11.8 Å². The van der Waals surface area contributed by atoms with Crippen molar-refractivity contribution in [2.45, 2.75) is 78.9 Å². The number of amides is 3. The lowest BCUT2D eigenvalue weighted by molar-refractivity contribution is -0.144. The van der Waals surface area contributed by atoms with Gasteiger partial charge in [-0.2, -0.15) is 0 Å². The SMILES string of the molecule is CNC(C(=O)N1CC[C@H](C(C)C)C1C(=O)NC(CC(C)C(F)F)C(=O)C(N)=O)C(C)(C)C. The summed E-state index contributed by atoms with van der Waals surface area (Å²) in [5.74, 6) is -4.70. The first kappa shape index (κ1) is 27.9. The summed E-state index contributed by atoms with van der Waals surface area (Å²) < 4.78 is 26.1. The quantitative estimate of drug-likeness (QED) is 0.425. The van der Waals surface area contributed by atoms with Gasteiger partial charge in [0.25, 0.3) is 5.91 Å². The minimum atomic E-state index is -2.73. The number of likely N-dealkylation sites (N-methyl/N-ethyl adjacent to an activating group) is 1. The summed E-state index contributed by atoms with van der Waals surface area (Å²) in [6.07, 6.45) is -2.57. The van der Waals surface area contributed by atoms with Gasteiger partial charge in [0.1, 0.15) is 6.04 Å². The zero-order valence-electron chi connectivity index (χ0n) is 20.1. The third-order valence-corrected chi connectivity index (χ3v) is 6.17. The third-order valence-electron chi connectivity index (χ3n) is 6.17. The minimum Gasteiger partial charge on any atom is -0.363 e. The lowest BCUT2D eigenvalue weighted by atomic mass is 9.84. The molecule has 1 rings (SSSR count). The molecule has 0 bridgehead atoms. The topological polar surface area (TPSA) is 122 Å². The van der Waals surface area contributed by atoms with Gasteiger partial charge < -0.3 is 21.3 Å². The number of nitrogens with zero attached hydrogens (tertiary/aromatic N) is 1. The number of rotatable bonds is 10. The van der Waals surface area contributed by atoms with Crippen LogP contribution in [0.25, 0.3) is 0 Å².